The van der Waals surface area contributed by atoms with E-state index in [-0.39, 0.29) is 0 Å². The Morgan fingerprint density at radius 2 is 1.95 bits per heavy atom. The van der Waals surface area contributed by atoms with Crippen LogP contribution in [-0.2, 0) is 4.74 Å². The van der Waals surface area contributed by atoms with Crippen LogP contribution < -0.4 is 10.6 Å². The minimum absolute atomic E-state index is 0.483. The molecular weight excluding hydrogens is 238 g/mol. The molecule has 2 N–H and O–H groups in total. The summed E-state index contributed by atoms with van der Waals surface area (Å²) in [6.45, 7) is 9.06. The van der Waals surface area contributed by atoms with E-state index in [1.165, 1.54) is 32.1 Å². The molecule has 1 unspecified atom stereocenters. The summed E-state index contributed by atoms with van der Waals surface area (Å²) < 4.78 is 5.03. The summed E-state index contributed by atoms with van der Waals surface area (Å²) in [5.74, 6) is 0.932. The molecule has 1 atom stereocenters. The highest BCUT2D eigenvalue weighted by atomic mass is 16.5. The third-order valence-electron chi connectivity index (χ3n) is 2.99. The number of unbranched alkanes of at least 4 members (excludes halogenated alkanes) is 3. The van der Waals surface area contributed by atoms with Gasteiger partial charge in [0.05, 0.1) is 0 Å². The normalized spacial score (nSPS) is 13.4. The summed E-state index contributed by atoms with van der Waals surface area (Å²) in [6.07, 6.45) is 7.46. The van der Waals surface area contributed by atoms with E-state index in [4.69, 9.17) is 4.74 Å². The number of methoxy groups -OCH3 is 1. The summed E-state index contributed by atoms with van der Waals surface area (Å²) in [4.78, 5) is 4.55. The average molecular weight is 271 g/mol. The summed E-state index contributed by atoms with van der Waals surface area (Å²) in [7, 11) is 1.73. The smallest absolute Gasteiger partial charge is 0.191 e. The van der Waals surface area contributed by atoms with Crippen molar-refractivity contribution in [2.75, 3.05) is 26.8 Å². The molecule has 0 aliphatic heterocycles. The molecule has 4 nitrogen and oxygen atoms in total. The van der Waals surface area contributed by atoms with Crippen LogP contribution >= 0.6 is 0 Å². The Kier molecular flexibility index (Phi) is 13.1. The minimum Gasteiger partial charge on any atom is -0.385 e. The molecule has 114 valence electrons. The maximum atomic E-state index is 5.03. The molecule has 0 heterocycles. The van der Waals surface area contributed by atoms with Crippen LogP contribution in [0.25, 0.3) is 0 Å². The SMILES string of the molecule is CCCCCCC(C)NC(=NCCCOC)NCC. The van der Waals surface area contributed by atoms with Crippen molar-refractivity contribution in [3.05, 3.63) is 0 Å². The molecule has 0 spiro atoms. The maximum absolute atomic E-state index is 5.03. The van der Waals surface area contributed by atoms with E-state index in [9.17, 15) is 0 Å². The van der Waals surface area contributed by atoms with Crippen molar-refractivity contribution >= 4 is 5.96 Å². The fourth-order valence-electron chi connectivity index (χ4n) is 1.90. The molecule has 0 fully saturated rings. The predicted octanol–water partition coefficient (Wildman–Crippen LogP) is 2.94. The van der Waals surface area contributed by atoms with Gasteiger partial charge in [0, 0.05) is 32.8 Å². The van der Waals surface area contributed by atoms with Gasteiger partial charge in [-0.05, 0) is 26.7 Å². The monoisotopic (exact) mass is 271 g/mol. The van der Waals surface area contributed by atoms with E-state index in [0.717, 1.165) is 32.1 Å². The van der Waals surface area contributed by atoms with Crippen LogP contribution in [0.15, 0.2) is 4.99 Å². The summed E-state index contributed by atoms with van der Waals surface area (Å²) >= 11 is 0. The summed E-state index contributed by atoms with van der Waals surface area (Å²) in [5, 5.41) is 6.76. The molecule has 0 aliphatic carbocycles. The molecule has 0 bridgehead atoms. The van der Waals surface area contributed by atoms with E-state index >= 15 is 0 Å². The Labute approximate surface area is 119 Å². The molecule has 4 heteroatoms. The lowest BCUT2D eigenvalue weighted by Crippen LogP contribution is -2.42. The second kappa shape index (κ2) is 13.7. The number of hydrogen-bond donors (Lipinski definition) is 2. The molecule has 0 rings (SSSR count). The maximum Gasteiger partial charge on any atom is 0.191 e. The molecule has 0 aromatic rings. The van der Waals surface area contributed by atoms with Gasteiger partial charge in [0.2, 0.25) is 0 Å². The zero-order chi connectivity index (χ0) is 14.3. The number of nitrogens with zero attached hydrogens (tertiary/aromatic N) is 1. The molecule has 0 aromatic heterocycles. The molecule has 19 heavy (non-hydrogen) atoms. The number of nitrogens with one attached hydrogen (secondary N) is 2. The van der Waals surface area contributed by atoms with Crippen molar-refractivity contribution in [1.29, 1.82) is 0 Å². The molecule has 0 saturated carbocycles. The fraction of sp³-hybridized carbons (Fsp3) is 0.933. The molecular formula is C15H33N3O. The Morgan fingerprint density at radius 1 is 1.16 bits per heavy atom. The van der Waals surface area contributed by atoms with Gasteiger partial charge < -0.3 is 15.4 Å². The first kappa shape index (κ1) is 18.2. The number of rotatable bonds is 11. The van der Waals surface area contributed by atoms with E-state index < -0.39 is 0 Å². The van der Waals surface area contributed by atoms with Crippen LogP contribution in [0.1, 0.15) is 59.3 Å². The quantitative estimate of drug-likeness (QED) is 0.345. The Bertz CT molecular complexity index is 219. The standard InChI is InChI=1S/C15H33N3O/c1-5-7-8-9-11-14(3)18-15(16-6-2)17-12-10-13-19-4/h14H,5-13H2,1-4H3,(H2,16,17,18). The van der Waals surface area contributed by atoms with Gasteiger partial charge in [-0.3, -0.25) is 4.99 Å². The zero-order valence-corrected chi connectivity index (χ0v) is 13.3. The van der Waals surface area contributed by atoms with Gasteiger partial charge in [0.25, 0.3) is 0 Å². The second-order valence-corrected chi connectivity index (χ2v) is 5.00. The first-order chi connectivity index (χ1) is 9.24. The molecule has 0 aliphatic rings. The Balaban J connectivity index is 3.88. The van der Waals surface area contributed by atoms with Crippen LogP contribution in [0.2, 0.25) is 0 Å². The number of hydrogen-bond acceptors (Lipinski definition) is 2. The lowest BCUT2D eigenvalue weighted by atomic mass is 10.1. The van der Waals surface area contributed by atoms with Crippen molar-refractivity contribution in [2.45, 2.75) is 65.3 Å². The van der Waals surface area contributed by atoms with Gasteiger partial charge in [0.15, 0.2) is 5.96 Å². The minimum atomic E-state index is 0.483. The van der Waals surface area contributed by atoms with Crippen molar-refractivity contribution in [3.63, 3.8) is 0 Å². The van der Waals surface area contributed by atoms with E-state index in [0.29, 0.717) is 6.04 Å². The lowest BCUT2D eigenvalue weighted by molar-refractivity contribution is 0.197. The summed E-state index contributed by atoms with van der Waals surface area (Å²) in [5.41, 5.74) is 0. The number of aliphatic imine (C=N–C) groups is 1. The van der Waals surface area contributed by atoms with Crippen LogP contribution in [0.3, 0.4) is 0 Å². The molecule has 0 saturated heterocycles. The van der Waals surface area contributed by atoms with Gasteiger partial charge in [0.1, 0.15) is 0 Å². The first-order valence-electron chi connectivity index (χ1n) is 7.78. The van der Waals surface area contributed by atoms with Gasteiger partial charge in [-0.2, -0.15) is 0 Å². The zero-order valence-electron chi connectivity index (χ0n) is 13.3. The Hall–Kier alpha value is -0.770. The lowest BCUT2D eigenvalue weighted by Gasteiger charge is -2.17. The predicted molar refractivity (Wildman–Crippen MR) is 83.8 cm³/mol. The van der Waals surface area contributed by atoms with Crippen molar-refractivity contribution in [2.24, 2.45) is 4.99 Å². The second-order valence-electron chi connectivity index (χ2n) is 5.00. The van der Waals surface area contributed by atoms with Crippen molar-refractivity contribution < 1.29 is 4.74 Å². The number of guanidine groups is 1. The molecule has 0 aromatic carbocycles. The summed E-state index contributed by atoms with van der Waals surface area (Å²) in [6, 6.07) is 0.483. The van der Waals surface area contributed by atoms with Crippen LogP contribution in [0.5, 0.6) is 0 Å². The van der Waals surface area contributed by atoms with Crippen LogP contribution in [-0.4, -0.2) is 38.8 Å². The first-order valence-corrected chi connectivity index (χ1v) is 7.78. The third kappa shape index (κ3) is 12.0. The van der Waals surface area contributed by atoms with Gasteiger partial charge in [-0.15, -0.1) is 0 Å². The Morgan fingerprint density at radius 3 is 2.58 bits per heavy atom. The highest BCUT2D eigenvalue weighted by Crippen LogP contribution is 2.05. The fourth-order valence-corrected chi connectivity index (χ4v) is 1.90. The largest absolute Gasteiger partial charge is 0.385 e. The van der Waals surface area contributed by atoms with E-state index in [1.54, 1.807) is 7.11 Å². The number of ether oxygens (including phenoxy) is 1. The van der Waals surface area contributed by atoms with Crippen molar-refractivity contribution in [1.82, 2.24) is 10.6 Å². The third-order valence-corrected chi connectivity index (χ3v) is 2.99. The highest BCUT2D eigenvalue weighted by molar-refractivity contribution is 5.79. The van der Waals surface area contributed by atoms with Crippen LogP contribution in [0, 0.1) is 0 Å². The van der Waals surface area contributed by atoms with Gasteiger partial charge >= 0.3 is 0 Å². The molecule has 0 radical (unpaired) electrons. The molecule has 0 amide bonds. The topological polar surface area (TPSA) is 45.7 Å². The van der Waals surface area contributed by atoms with E-state index in [2.05, 4.69) is 36.4 Å². The van der Waals surface area contributed by atoms with Crippen molar-refractivity contribution in [3.8, 4) is 0 Å². The highest BCUT2D eigenvalue weighted by Gasteiger charge is 2.04. The average Bonchev–Trinajstić information content (AvgIpc) is 2.40. The van der Waals surface area contributed by atoms with E-state index in [1.807, 2.05) is 0 Å². The van der Waals surface area contributed by atoms with Gasteiger partial charge in [-0.25, -0.2) is 0 Å². The van der Waals surface area contributed by atoms with Gasteiger partial charge in [-0.1, -0.05) is 32.6 Å². The van der Waals surface area contributed by atoms with Crippen LogP contribution in [0.4, 0.5) is 0 Å².